The summed E-state index contributed by atoms with van der Waals surface area (Å²) < 4.78 is 18.6. The molecular formula is C28H30N2O5S. The molecule has 0 aliphatic carbocycles. The van der Waals surface area contributed by atoms with Crippen LogP contribution in [0.2, 0.25) is 0 Å². The van der Waals surface area contributed by atoms with Gasteiger partial charge in [-0.25, -0.2) is 9.79 Å². The van der Waals surface area contributed by atoms with Crippen molar-refractivity contribution in [1.29, 1.82) is 0 Å². The summed E-state index contributed by atoms with van der Waals surface area (Å²) in [6.07, 6.45) is 2.47. The molecule has 188 valence electrons. The molecule has 0 saturated heterocycles. The molecule has 0 radical (unpaired) electrons. The van der Waals surface area contributed by atoms with E-state index < -0.39 is 12.0 Å². The van der Waals surface area contributed by atoms with Crippen LogP contribution >= 0.6 is 11.3 Å². The highest BCUT2D eigenvalue weighted by atomic mass is 32.1. The maximum absolute atomic E-state index is 13.7. The van der Waals surface area contributed by atoms with Crippen molar-refractivity contribution in [3.05, 3.63) is 90.6 Å². The van der Waals surface area contributed by atoms with Gasteiger partial charge in [-0.1, -0.05) is 42.5 Å². The minimum absolute atomic E-state index is 0.215. The van der Waals surface area contributed by atoms with Crippen LogP contribution in [-0.4, -0.2) is 30.4 Å². The predicted octanol–water partition coefficient (Wildman–Crippen LogP) is 3.98. The van der Waals surface area contributed by atoms with Crippen LogP contribution in [0.3, 0.4) is 0 Å². The van der Waals surface area contributed by atoms with Crippen molar-refractivity contribution in [2.45, 2.75) is 46.3 Å². The third-order valence-electron chi connectivity index (χ3n) is 5.67. The standard InChI is InChI=1S/C28H30N2O5S/c1-6-15-34-22-11-7-19(8-12-22)16-23-26(31)30-25(20-9-13-21(33-5)14-10-20)24(27(32)35-17(2)3)18(4)29-28(30)36-23/h7-14,16-17,25H,6,15H2,1-5H3. The van der Waals surface area contributed by atoms with Crippen LogP contribution in [0.5, 0.6) is 11.5 Å². The highest BCUT2D eigenvalue weighted by Gasteiger charge is 2.33. The maximum atomic E-state index is 13.7. The number of allylic oxidation sites excluding steroid dienone is 1. The normalized spacial score (nSPS) is 15.5. The summed E-state index contributed by atoms with van der Waals surface area (Å²) in [7, 11) is 1.59. The lowest BCUT2D eigenvalue weighted by molar-refractivity contribution is -0.143. The van der Waals surface area contributed by atoms with Gasteiger partial charge in [0.15, 0.2) is 4.80 Å². The number of methoxy groups -OCH3 is 1. The second-order valence-electron chi connectivity index (χ2n) is 8.73. The Bertz CT molecular complexity index is 1450. The average Bonchev–Trinajstić information content (AvgIpc) is 3.16. The quantitative estimate of drug-likeness (QED) is 0.432. The number of hydrogen-bond donors (Lipinski definition) is 0. The van der Waals surface area contributed by atoms with Crippen molar-refractivity contribution in [3.63, 3.8) is 0 Å². The van der Waals surface area contributed by atoms with Gasteiger partial charge in [-0.05, 0) is 68.7 Å². The Balaban J connectivity index is 1.83. The Labute approximate surface area is 214 Å². The molecule has 4 rings (SSSR count). The number of thiazole rings is 1. The van der Waals surface area contributed by atoms with E-state index in [1.54, 1.807) is 32.4 Å². The number of nitrogens with zero attached hydrogens (tertiary/aromatic N) is 2. The second-order valence-corrected chi connectivity index (χ2v) is 9.74. The van der Waals surface area contributed by atoms with E-state index in [9.17, 15) is 9.59 Å². The number of ether oxygens (including phenoxy) is 3. The topological polar surface area (TPSA) is 79.1 Å². The zero-order valence-electron chi connectivity index (χ0n) is 21.1. The van der Waals surface area contributed by atoms with Crippen LogP contribution in [-0.2, 0) is 9.53 Å². The van der Waals surface area contributed by atoms with Crippen LogP contribution < -0.4 is 24.4 Å². The van der Waals surface area contributed by atoms with Gasteiger partial charge in [0, 0.05) is 0 Å². The van der Waals surface area contributed by atoms with Crippen molar-refractivity contribution >= 4 is 23.4 Å². The van der Waals surface area contributed by atoms with Crippen LogP contribution in [0.4, 0.5) is 0 Å². The summed E-state index contributed by atoms with van der Waals surface area (Å²) in [6.45, 7) is 8.08. The van der Waals surface area contributed by atoms with Gasteiger partial charge in [0.05, 0.1) is 41.7 Å². The van der Waals surface area contributed by atoms with Crippen molar-refractivity contribution in [2.75, 3.05) is 13.7 Å². The van der Waals surface area contributed by atoms with Crippen LogP contribution in [0.15, 0.2) is 69.6 Å². The molecule has 0 amide bonds. The van der Waals surface area contributed by atoms with Crippen molar-refractivity contribution in [3.8, 4) is 11.5 Å². The van der Waals surface area contributed by atoms with Crippen LogP contribution in [0.1, 0.15) is 51.3 Å². The summed E-state index contributed by atoms with van der Waals surface area (Å²) in [5.41, 5.74) is 2.32. The molecule has 1 aliphatic heterocycles. The highest BCUT2D eigenvalue weighted by Crippen LogP contribution is 2.31. The van der Waals surface area contributed by atoms with Gasteiger partial charge in [-0.15, -0.1) is 0 Å². The third kappa shape index (κ3) is 5.28. The minimum Gasteiger partial charge on any atom is -0.497 e. The van der Waals surface area contributed by atoms with Crippen LogP contribution in [0, 0.1) is 0 Å². The summed E-state index contributed by atoms with van der Waals surface area (Å²) in [5, 5.41) is 0. The van der Waals surface area contributed by atoms with Gasteiger partial charge in [0.1, 0.15) is 11.5 Å². The molecule has 1 unspecified atom stereocenters. The lowest BCUT2D eigenvalue weighted by Gasteiger charge is -2.25. The smallest absolute Gasteiger partial charge is 0.338 e. The van der Waals surface area contributed by atoms with E-state index in [0.29, 0.717) is 33.0 Å². The lowest BCUT2D eigenvalue weighted by atomic mass is 9.96. The number of carbonyl (C=O) groups excluding carboxylic acids is 1. The molecule has 7 nitrogen and oxygen atoms in total. The highest BCUT2D eigenvalue weighted by molar-refractivity contribution is 7.07. The molecule has 8 heteroatoms. The van der Waals surface area contributed by atoms with Gasteiger partial charge in [-0.3, -0.25) is 9.36 Å². The fraction of sp³-hybridized carbons (Fsp3) is 0.321. The molecule has 1 aliphatic rings. The largest absolute Gasteiger partial charge is 0.497 e. The number of rotatable bonds is 8. The van der Waals surface area contributed by atoms with E-state index in [2.05, 4.69) is 11.9 Å². The molecule has 2 heterocycles. The van der Waals surface area contributed by atoms with Gasteiger partial charge in [-0.2, -0.15) is 0 Å². The number of esters is 1. The average molecular weight is 507 g/mol. The summed E-state index contributed by atoms with van der Waals surface area (Å²) in [5.74, 6) is 0.993. The number of hydrogen-bond acceptors (Lipinski definition) is 7. The van der Waals surface area contributed by atoms with E-state index >= 15 is 0 Å². The molecule has 2 aromatic carbocycles. The zero-order valence-corrected chi connectivity index (χ0v) is 21.9. The van der Waals surface area contributed by atoms with Gasteiger partial charge < -0.3 is 14.2 Å². The summed E-state index contributed by atoms with van der Waals surface area (Å²) >= 11 is 1.30. The molecule has 36 heavy (non-hydrogen) atoms. The van der Waals surface area contributed by atoms with E-state index in [1.165, 1.54) is 11.3 Å². The van der Waals surface area contributed by atoms with E-state index in [-0.39, 0.29) is 11.7 Å². The van der Waals surface area contributed by atoms with Crippen LogP contribution in [0.25, 0.3) is 6.08 Å². The molecular weight excluding hydrogens is 476 g/mol. The first-order valence-electron chi connectivity index (χ1n) is 11.9. The summed E-state index contributed by atoms with van der Waals surface area (Å²) in [6, 6.07) is 14.3. The van der Waals surface area contributed by atoms with Crippen molar-refractivity contribution < 1.29 is 19.0 Å². The Morgan fingerprint density at radius 1 is 1.11 bits per heavy atom. The van der Waals surface area contributed by atoms with Gasteiger partial charge in [0.2, 0.25) is 0 Å². The number of carbonyl (C=O) groups is 1. The molecule has 0 bridgehead atoms. The Kier molecular flexibility index (Phi) is 7.74. The van der Waals surface area contributed by atoms with Crippen molar-refractivity contribution in [2.24, 2.45) is 4.99 Å². The SMILES string of the molecule is CCCOc1ccc(C=c2sc3n(c2=O)C(c2ccc(OC)cc2)C(C(=O)OC(C)C)=C(C)N=3)cc1. The molecule has 0 N–H and O–H groups in total. The minimum atomic E-state index is -0.662. The molecule has 1 aromatic heterocycles. The first-order valence-corrected chi connectivity index (χ1v) is 12.7. The molecule has 0 saturated carbocycles. The third-order valence-corrected chi connectivity index (χ3v) is 6.65. The maximum Gasteiger partial charge on any atom is 0.338 e. The zero-order chi connectivity index (χ0) is 25.8. The monoisotopic (exact) mass is 506 g/mol. The number of aromatic nitrogens is 1. The molecule has 3 aromatic rings. The van der Waals surface area contributed by atoms with Crippen molar-refractivity contribution in [1.82, 2.24) is 4.57 Å². The Hall–Kier alpha value is -3.65. The first kappa shape index (κ1) is 25.4. The Morgan fingerprint density at radius 2 is 1.78 bits per heavy atom. The fourth-order valence-corrected chi connectivity index (χ4v) is 5.04. The van der Waals surface area contributed by atoms with E-state index in [1.807, 2.05) is 54.6 Å². The molecule has 1 atom stereocenters. The number of benzene rings is 2. The van der Waals surface area contributed by atoms with Gasteiger partial charge >= 0.3 is 5.97 Å². The Morgan fingerprint density at radius 3 is 2.39 bits per heavy atom. The molecule has 0 fully saturated rings. The van der Waals surface area contributed by atoms with E-state index in [0.717, 1.165) is 23.3 Å². The number of fused-ring (bicyclic) bond motifs is 1. The summed E-state index contributed by atoms with van der Waals surface area (Å²) in [4.78, 5) is 32.0. The molecule has 0 spiro atoms. The van der Waals surface area contributed by atoms with E-state index in [4.69, 9.17) is 14.2 Å². The first-order chi connectivity index (χ1) is 17.3. The van der Waals surface area contributed by atoms with Gasteiger partial charge in [0.25, 0.3) is 5.56 Å². The fourth-order valence-electron chi connectivity index (χ4n) is 3.99. The second kappa shape index (κ2) is 11.0. The predicted molar refractivity (Wildman–Crippen MR) is 140 cm³/mol. The lowest BCUT2D eigenvalue weighted by Crippen LogP contribution is -2.40.